The van der Waals surface area contributed by atoms with Crippen LogP contribution in [0.3, 0.4) is 0 Å². The Balaban J connectivity index is 2.18. The van der Waals surface area contributed by atoms with Crippen molar-refractivity contribution in [1.82, 2.24) is 4.90 Å². The number of nitrogens with zero attached hydrogens (tertiary/aromatic N) is 1. The minimum atomic E-state index is -0.795. The Bertz CT molecular complexity index is 553. The SMILES string of the molecule is CCCCCCCCCCCCCCC/C=C/[C@@H](O)[C@@H]1COC(C)(C)N1C(=O)OC(C)(C)C. The van der Waals surface area contributed by atoms with Crippen molar-refractivity contribution in [3.05, 3.63) is 12.2 Å². The number of aliphatic hydroxyl groups excluding tert-OH is 1. The van der Waals surface area contributed by atoms with Gasteiger partial charge in [0.15, 0.2) is 0 Å². The summed E-state index contributed by atoms with van der Waals surface area (Å²) in [5.74, 6) is 0. The second-order valence-corrected chi connectivity index (χ2v) is 11.1. The van der Waals surface area contributed by atoms with Crippen molar-refractivity contribution in [3.63, 3.8) is 0 Å². The van der Waals surface area contributed by atoms with Gasteiger partial charge in [-0.3, -0.25) is 4.90 Å². The number of amides is 1. The molecular weight excluding hydrogens is 414 g/mol. The first-order valence-electron chi connectivity index (χ1n) is 13.6. The first-order valence-corrected chi connectivity index (χ1v) is 13.6. The van der Waals surface area contributed by atoms with E-state index in [1.54, 1.807) is 4.90 Å². The first-order chi connectivity index (χ1) is 15.6. The third-order valence-corrected chi connectivity index (χ3v) is 6.31. The monoisotopic (exact) mass is 467 g/mol. The molecule has 1 heterocycles. The summed E-state index contributed by atoms with van der Waals surface area (Å²) in [5.41, 5.74) is -1.38. The minimum absolute atomic E-state index is 0.302. The summed E-state index contributed by atoms with van der Waals surface area (Å²) >= 11 is 0. The summed E-state index contributed by atoms with van der Waals surface area (Å²) in [6.45, 7) is 11.8. The highest BCUT2D eigenvalue weighted by molar-refractivity contribution is 5.70. The van der Waals surface area contributed by atoms with Crippen LogP contribution < -0.4 is 0 Å². The fraction of sp³-hybridized carbons (Fsp3) is 0.893. The van der Waals surface area contributed by atoms with Crippen LogP contribution in [0, 0.1) is 0 Å². The van der Waals surface area contributed by atoms with Gasteiger partial charge in [-0.1, -0.05) is 96.1 Å². The maximum absolute atomic E-state index is 12.7. The van der Waals surface area contributed by atoms with Crippen LogP contribution in [0.1, 0.15) is 131 Å². The third kappa shape index (κ3) is 12.8. The molecule has 0 saturated carbocycles. The summed E-state index contributed by atoms with van der Waals surface area (Å²) < 4.78 is 11.3. The molecule has 33 heavy (non-hydrogen) atoms. The van der Waals surface area contributed by atoms with E-state index in [0.717, 1.165) is 12.8 Å². The molecule has 0 unspecified atom stereocenters. The van der Waals surface area contributed by atoms with E-state index in [2.05, 4.69) is 6.92 Å². The zero-order valence-corrected chi connectivity index (χ0v) is 22.5. The van der Waals surface area contributed by atoms with Crippen LogP contribution >= 0.6 is 0 Å². The normalized spacial score (nSPS) is 19.4. The summed E-state index contributed by atoms with van der Waals surface area (Å²) in [6.07, 6.45) is 21.1. The van der Waals surface area contributed by atoms with Gasteiger partial charge >= 0.3 is 6.09 Å². The molecule has 194 valence electrons. The highest BCUT2D eigenvalue weighted by Gasteiger charge is 2.47. The minimum Gasteiger partial charge on any atom is -0.444 e. The molecule has 5 nitrogen and oxygen atoms in total. The Hall–Kier alpha value is -1.07. The predicted molar refractivity (Wildman–Crippen MR) is 137 cm³/mol. The number of aliphatic hydroxyl groups is 1. The van der Waals surface area contributed by atoms with Crippen molar-refractivity contribution in [3.8, 4) is 0 Å². The Labute approximate surface area is 204 Å². The Morgan fingerprint density at radius 1 is 1.00 bits per heavy atom. The van der Waals surface area contributed by atoms with Crippen molar-refractivity contribution in [2.24, 2.45) is 0 Å². The summed E-state index contributed by atoms with van der Waals surface area (Å²) in [7, 11) is 0. The highest BCUT2D eigenvalue weighted by Crippen LogP contribution is 2.31. The predicted octanol–water partition coefficient (Wildman–Crippen LogP) is 7.76. The molecule has 5 heteroatoms. The number of carbonyl (C=O) groups is 1. The van der Waals surface area contributed by atoms with E-state index in [1.165, 1.54) is 77.0 Å². The molecule has 1 rings (SSSR count). The second kappa shape index (κ2) is 15.8. The molecule has 1 aliphatic rings. The molecule has 0 bridgehead atoms. The lowest BCUT2D eigenvalue weighted by Crippen LogP contribution is -2.53. The largest absolute Gasteiger partial charge is 0.444 e. The number of hydrogen-bond acceptors (Lipinski definition) is 4. The number of rotatable bonds is 16. The van der Waals surface area contributed by atoms with Gasteiger partial charge in [0.05, 0.1) is 18.8 Å². The molecule has 0 aliphatic carbocycles. The van der Waals surface area contributed by atoms with Crippen LogP contribution in [-0.2, 0) is 9.47 Å². The van der Waals surface area contributed by atoms with Crippen molar-refractivity contribution in [1.29, 1.82) is 0 Å². The van der Waals surface area contributed by atoms with E-state index in [1.807, 2.05) is 46.8 Å². The molecule has 2 atom stereocenters. The summed E-state index contributed by atoms with van der Waals surface area (Å²) in [4.78, 5) is 14.2. The molecule has 1 aliphatic heterocycles. The van der Waals surface area contributed by atoms with Gasteiger partial charge in [-0.15, -0.1) is 0 Å². The van der Waals surface area contributed by atoms with E-state index in [0.29, 0.717) is 6.61 Å². The molecule has 0 radical (unpaired) electrons. The molecule has 1 N–H and O–H groups in total. The van der Waals surface area contributed by atoms with E-state index in [-0.39, 0.29) is 0 Å². The third-order valence-electron chi connectivity index (χ3n) is 6.31. The topological polar surface area (TPSA) is 59.0 Å². The molecule has 0 aromatic carbocycles. The Kier molecular flexibility index (Phi) is 14.3. The lowest BCUT2D eigenvalue weighted by atomic mass is 10.0. The molecule has 1 saturated heterocycles. The molecular formula is C28H53NO4. The summed E-state index contributed by atoms with van der Waals surface area (Å²) in [5, 5.41) is 10.7. The van der Waals surface area contributed by atoms with Crippen LogP contribution in [0.2, 0.25) is 0 Å². The van der Waals surface area contributed by atoms with Crippen LogP contribution in [0.25, 0.3) is 0 Å². The second-order valence-electron chi connectivity index (χ2n) is 11.1. The number of ether oxygens (including phenoxy) is 2. The lowest BCUT2D eigenvalue weighted by molar-refractivity contribution is -0.0661. The quantitative estimate of drug-likeness (QED) is 0.186. The molecule has 0 spiro atoms. The van der Waals surface area contributed by atoms with Gasteiger partial charge in [0.25, 0.3) is 0 Å². The van der Waals surface area contributed by atoms with Gasteiger partial charge < -0.3 is 14.6 Å². The van der Waals surface area contributed by atoms with E-state index in [9.17, 15) is 9.90 Å². The number of carbonyl (C=O) groups excluding carboxylic acids is 1. The van der Waals surface area contributed by atoms with Gasteiger partial charge in [-0.2, -0.15) is 0 Å². The van der Waals surface area contributed by atoms with Crippen LogP contribution in [0.15, 0.2) is 12.2 Å². The Morgan fingerprint density at radius 2 is 1.48 bits per heavy atom. The fourth-order valence-electron chi connectivity index (χ4n) is 4.39. The first kappa shape index (κ1) is 30.0. The van der Waals surface area contributed by atoms with E-state index >= 15 is 0 Å². The standard InChI is InChI=1S/C28H53NO4/c1-7-8-9-10-11-12-13-14-15-16-17-18-19-20-21-22-25(30)24-23-32-28(5,6)29(24)26(31)33-27(2,3)4/h21-22,24-25,30H,7-20,23H2,1-6H3/b22-21+/t24-,25+/m0/s1. The van der Waals surface area contributed by atoms with Gasteiger partial charge in [0.2, 0.25) is 0 Å². The summed E-state index contributed by atoms with van der Waals surface area (Å²) in [6, 6.07) is -0.433. The van der Waals surface area contributed by atoms with Gasteiger partial charge in [-0.05, 0) is 47.5 Å². The van der Waals surface area contributed by atoms with Gasteiger partial charge in [0.1, 0.15) is 11.3 Å². The van der Waals surface area contributed by atoms with Crippen molar-refractivity contribution < 1.29 is 19.4 Å². The van der Waals surface area contributed by atoms with Gasteiger partial charge in [-0.25, -0.2) is 4.79 Å². The average molecular weight is 468 g/mol. The highest BCUT2D eigenvalue weighted by atomic mass is 16.6. The maximum atomic E-state index is 12.7. The number of hydrogen-bond donors (Lipinski definition) is 1. The number of allylic oxidation sites excluding steroid dienone is 1. The molecule has 0 aromatic rings. The average Bonchev–Trinajstić information content (AvgIpc) is 3.04. The van der Waals surface area contributed by atoms with Crippen LogP contribution in [0.5, 0.6) is 0 Å². The zero-order chi connectivity index (χ0) is 24.7. The molecule has 0 aromatic heterocycles. The molecule has 1 amide bonds. The Morgan fingerprint density at radius 3 is 1.97 bits per heavy atom. The fourth-order valence-corrected chi connectivity index (χ4v) is 4.39. The van der Waals surface area contributed by atoms with Crippen molar-refractivity contribution in [2.45, 2.75) is 155 Å². The lowest BCUT2D eigenvalue weighted by Gasteiger charge is -2.36. The zero-order valence-electron chi connectivity index (χ0n) is 22.5. The van der Waals surface area contributed by atoms with Crippen molar-refractivity contribution in [2.75, 3.05) is 6.61 Å². The van der Waals surface area contributed by atoms with Crippen LogP contribution in [0.4, 0.5) is 4.79 Å². The number of unbranched alkanes of at least 4 members (excludes halogenated alkanes) is 13. The van der Waals surface area contributed by atoms with E-state index in [4.69, 9.17) is 9.47 Å². The van der Waals surface area contributed by atoms with E-state index < -0.39 is 29.6 Å². The molecule has 1 fully saturated rings. The van der Waals surface area contributed by atoms with Crippen molar-refractivity contribution >= 4 is 6.09 Å². The van der Waals surface area contributed by atoms with Gasteiger partial charge in [0, 0.05) is 0 Å². The van der Waals surface area contributed by atoms with Crippen LogP contribution in [-0.4, -0.2) is 46.2 Å². The smallest absolute Gasteiger partial charge is 0.413 e. The maximum Gasteiger partial charge on any atom is 0.413 e.